The average Bonchev–Trinajstić information content (AvgIpc) is 2.77. The van der Waals surface area contributed by atoms with E-state index in [4.69, 9.17) is 10.3 Å². The first-order valence-electron chi connectivity index (χ1n) is 5.11. The molecule has 0 aromatic carbocycles. The Kier molecular flexibility index (Phi) is 6.97. The third kappa shape index (κ3) is 4.44. The number of nitrogens with two attached hydrogens (primary N) is 1. The molecule has 0 aliphatic carbocycles. The highest BCUT2D eigenvalue weighted by molar-refractivity contribution is 5.81. The van der Waals surface area contributed by atoms with Crippen molar-refractivity contribution in [3.05, 3.63) is 23.6 Å². The van der Waals surface area contributed by atoms with Crippen LogP contribution < -0.4 is 5.73 Å². The molecule has 0 saturated carbocycles. The number of nitrogens with zero attached hydrogens (tertiary/aromatic N) is 2. The van der Waals surface area contributed by atoms with Crippen molar-refractivity contribution in [2.24, 2.45) is 10.7 Å². The summed E-state index contributed by atoms with van der Waals surface area (Å²) in [5.74, 6) is 0.594. The van der Waals surface area contributed by atoms with Crippen LogP contribution in [0.1, 0.15) is 32.2 Å². The summed E-state index contributed by atoms with van der Waals surface area (Å²) in [5.41, 5.74) is 7.13. The summed E-state index contributed by atoms with van der Waals surface area (Å²) in [6.07, 6.45) is 4.14. The van der Waals surface area contributed by atoms with E-state index in [1.54, 1.807) is 19.3 Å². The van der Waals surface area contributed by atoms with Crippen LogP contribution in [0.2, 0.25) is 0 Å². The lowest BCUT2D eigenvalue weighted by atomic mass is 10.2. The van der Waals surface area contributed by atoms with Crippen LogP contribution in [0.3, 0.4) is 0 Å². The van der Waals surface area contributed by atoms with Gasteiger partial charge in [-0.1, -0.05) is 25.9 Å². The number of aryl methyl sites for hydroxylation is 1. The number of aromatic nitrogens is 1. The number of rotatable bonds is 3. The Hall–Kier alpha value is -1.58. The van der Waals surface area contributed by atoms with Gasteiger partial charge < -0.3 is 10.3 Å². The van der Waals surface area contributed by atoms with E-state index in [0.29, 0.717) is 11.5 Å². The number of hydrogen-bond donors (Lipinski definition) is 1. The lowest BCUT2D eigenvalue weighted by molar-refractivity contribution is 0.403. The summed E-state index contributed by atoms with van der Waals surface area (Å²) >= 11 is 0. The van der Waals surface area contributed by atoms with Crippen LogP contribution in [0.4, 0.5) is 0 Å². The first-order chi connectivity index (χ1) is 7.27. The second-order valence-corrected chi connectivity index (χ2v) is 2.57. The Balaban J connectivity index is 0.000000921. The zero-order valence-electron chi connectivity index (χ0n) is 9.82. The molecule has 0 atom stereocenters. The van der Waals surface area contributed by atoms with Gasteiger partial charge >= 0.3 is 0 Å². The van der Waals surface area contributed by atoms with Crippen molar-refractivity contribution in [2.75, 3.05) is 7.05 Å². The van der Waals surface area contributed by atoms with Crippen molar-refractivity contribution < 1.29 is 4.52 Å². The van der Waals surface area contributed by atoms with Gasteiger partial charge in [-0.05, 0) is 12.5 Å². The zero-order valence-corrected chi connectivity index (χ0v) is 9.82. The van der Waals surface area contributed by atoms with E-state index < -0.39 is 0 Å². The van der Waals surface area contributed by atoms with Crippen LogP contribution in [-0.4, -0.2) is 18.4 Å². The Morgan fingerprint density at radius 2 is 2.27 bits per heavy atom. The van der Waals surface area contributed by atoms with Gasteiger partial charge in [0, 0.05) is 19.3 Å². The molecule has 2 N–H and O–H groups in total. The molecule has 1 aromatic rings. The fourth-order valence-corrected chi connectivity index (χ4v) is 0.851. The molecule has 0 aliphatic heterocycles. The van der Waals surface area contributed by atoms with Gasteiger partial charge in [0.05, 0.1) is 11.4 Å². The van der Waals surface area contributed by atoms with Gasteiger partial charge in [-0.3, -0.25) is 4.99 Å². The van der Waals surface area contributed by atoms with Crippen LogP contribution in [0, 0.1) is 0 Å². The van der Waals surface area contributed by atoms with E-state index in [2.05, 4.69) is 10.1 Å². The minimum absolute atomic E-state index is 0.540. The molecule has 0 bridgehead atoms. The molecule has 0 spiro atoms. The first-order valence-corrected chi connectivity index (χ1v) is 5.11. The van der Waals surface area contributed by atoms with E-state index >= 15 is 0 Å². The van der Waals surface area contributed by atoms with Crippen molar-refractivity contribution in [3.63, 3.8) is 0 Å². The predicted molar refractivity (Wildman–Crippen MR) is 63.8 cm³/mol. The van der Waals surface area contributed by atoms with Crippen LogP contribution in [0.25, 0.3) is 5.70 Å². The van der Waals surface area contributed by atoms with Crippen molar-refractivity contribution in [1.29, 1.82) is 0 Å². The van der Waals surface area contributed by atoms with Crippen molar-refractivity contribution >= 4 is 11.9 Å². The Morgan fingerprint density at radius 3 is 2.73 bits per heavy atom. The minimum Gasteiger partial charge on any atom is -0.396 e. The topological polar surface area (TPSA) is 64.4 Å². The van der Waals surface area contributed by atoms with Crippen molar-refractivity contribution in [1.82, 2.24) is 5.16 Å². The maximum atomic E-state index is 5.69. The van der Waals surface area contributed by atoms with Crippen LogP contribution >= 0.6 is 0 Å². The number of allylic oxidation sites excluding steroid dienone is 1. The first kappa shape index (κ1) is 13.4. The lowest BCUT2D eigenvalue weighted by Crippen LogP contribution is -1.94. The second-order valence-electron chi connectivity index (χ2n) is 2.57. The summed E-state index contributed by atoms with van der Waals surface area (Å²) in [4.78, 5) is 3.78. The standard InChI is InChI=1S/C9H13N3O.C2H6/c1-3-7-6-9(13-12-7)8(10)4-5-11-2;1-2/h4-6H,3,10H2,1-2H3;1-2H3/b8-4-,11-5?;. The molecular formula is C11H19N3O. The third-order valence-corrected chi connectivity index (χ3v) is 1.61. The van der Waals surface area contributed by atoms with Crippen LogP contribution in [0.5, 0.6) is 0 Å². The lowest BCUT2D eigenvalue weighted by Gasteiger charge is -1.89. The van der Waals surface area contributed by atoms with Crippen molar-refractivity contribution in [3.8, 4) is 0 Å². The van der Waals surface area contributed by atoms with E-state index in [1.165, 1.54) is 0 Å². The zero-order chi connectivity index (χ0) is 11.7. The highest BCUT2D eigenvalue weighted by Crippen LogP contribution is 2.10. The summed E-state index contributed by atoms with van der Waals surface area (Å²) in [6.45, 7) is 6.01. The monoisotopic (exact) mass is 209 g/mol. The maximum Gasteiger partial charge on any atom is 0.182 e. The summed E-state index contributed by atoms with van der Waals surface area (Å²) in [5, 5.41) is 3.82. The summed E-state index contributed by atoms with van der Waals surface area (Å²) in [6, 6.07) is 1.83. The average molecular weight is 209 g/mol. The van der Waals surface area contributed by atoms with Gasteiger partial charge in [0.1, 0.15) is 0 Å². The van der Waals surface area contributed by atoms with Gasteiger partial charge in [-0.2, -0.15) is 0 Å². The van der Waals surface area contributed by atoms with Crippen LogP contribution in [-0.2, 0) is 6.42 Å². The number of hydrogen-bond acceptors (Lipinski definition) is 4. The molecule has 1 rings (SSSR count). The van der Waals surface area contributed by atoms with Crippen LogP contribution in [0.15, 0.2) is 21.7 Å². The molecule has 0 unspecified atom stereocenters. The summed E-state index contributed by atoms with van der Waals surface area (Å²) < 4.78 is 5.01. The quantitative estimate of drug-likeness (QED) is 0.776. The Bertz CT molecular complexity index is 326. The molecule has 4 nitrogen and oxygen atoms in total. The molecule has 0 amide bonds. The second kappa shape index (κ2) is 7.79. The smallest absolute Gasteiger partial charge is 0.182 e. The maximum absolute atomic E-state index is 5.69. The van der Waals surface area contributed by atoms with Gasteiger partial charge in [0.15, 0.2) is 5.76 Å². The largest absolute Gasteiger partial charge is 0.396 e. The molecule has 1 heterocycles. The molecule has 0 radical (unpaired) electrons. The van der Waals surface area contributed by atoms with E-state index in [0.717, 1.165) is 12.1 Å². The summed E-state index contributed by atoms with van der Waals surface area (Å²) in [7, 11) is 1.68. The fraction of sp³-hybridized carbons (Fsp3) is 0.455. The van der Waals surface area contributed by atoms with E-state index in [-0.39, 0.29) is 0 Å². The van der Waals surface area contributed by atoms with E-state index in [9.17, 15) is 0 Å². The number of aliphatic imine (C=N–C) groups is 1. The van der Waals surface area contributed by atoms with Gasteiger partial charge in [-0.15, -0.1) is 0 Å². The molecule has 0 fully saturated rings. The van der Waals surface area contributed by atoms with Gasteiger partial charge in [0.25, 0.3) is 0 Å². The third-order valence-electron chi connectivity index (χ3n) is 1.61. The van der Waals surface area contributed by atoms with E-state index in [1.807, 2.05) is 26.8 Å². The molecule has 1 aromatic heterocycles. The highest BCUT2D eigenvalue weighted by atomic mass is 16.5. The normalized spacial score (nSPS) is 11.3. The predicted octanol–water partition coefficient (Wildman–Crippen LogP) is 2.26. The minimum atomic E-state index is 0.540. The molecule has 15 heavy (non-hydrogen) atoms. The molecule has 4 heteroatoms. The fourth-order valence-electron chi connectivity index (χ4n) is 0.851. The molecule has 84 valence electrons. The van der Waals surface area contributed by atoms with Gasteiger partial charge in [0.2, 0.25) is 0 Å². The molecular weight excluding hydrogens is 190 g/mol. The SMILES string of the molecule is CC.CCc1cc(/C(N)=C/C=NC)on1. The van der Waals surface area contributed by atoms with Crippen molar-refractivity contribution in [2.45, 2.75) is 27.2 Å². The Labute approximate surface area is 90.9 Å². The molecule has 0 aliphatic rings. The highest BCUT2D eigenvalue weighted by Gasteiger charge is 2.03. The Morgan fingerprint density at radius 1 is 1.60 bits per heavy atom. The van der Waals surface area contributed by atoms with Gasteiger partial charge in [-0.25, -0.2) is 0 Å². The molecule has 0 saturated heterocycles.